The summed E-state index contributed by atoms with van der Waals surface area (Å²) in [6.45, 7) is 8.25. The fourth-order valence-corrected chi connectivity index (χ4v) is 2.57. The maximum Gasteiger partial charge on any atom is 0.257 e. The van der Waals surface area contributed by atoms with Crippen LogP contribution in [0.1, 0.15) is 10.4 Å². The predicted octanol–water partition coefficient (Wildman–Crippen LogP) is 4.20. The van der Waals surface area contributed by atoms with Crippen LogP contribution in [0.15, 0.2) is 73.8 Å². The second-order valence-electron chi connectivity index (χ2n) is 5.74. The number of hydrogen-bond donors (Lipinski definition) is 2. The number of nitrogens with zero attached hydrogens (tertiary/aromatic N) is 1. The molecule has 140 valence electrons. The zero-order valence-corrected chi connectivity index (χ0v) is 15.7. The van der Waals surface area contributed by atoms with E-state index < -0.39 is 0 Å². The van der Waals surface area contributed by atoms with Crippen LogP contribution in [0.3, 0.4) is 0 Å². The predicted molar refractivity (Wildman–Crippen MR) is 111 cm³/mol. The SMILES string of the molecule is C=CCN(CC=C)C(=O)CNc1ccccc1C(=O)Nc1ccc(Cl)cc1. The second-order valence-corrected chi connectivity index (χ2v) is 6.17. The first-order valence-corrected chi connectivity index (χ1v) is 8.82. The summed E-state index contributed by atoms with van der Waals surface area (Å²) >= 11 is 5.86. The summed E-state index contributed by atoms with van der Waals surface area (Å²) in [5.74, 6) is -0.385. The van der Waals surface area contributed by atoms with Gasteiger partial charge in [-0.15, -0.1) is 13.2 Å². The Hall–Kier alpha value is -3.05. The van der Waals surface area contributed by atoms with Gasteiger partial charge in [-0.3, -0.25) is 9.59 Å². The standard InChI is InChI=1S/C21H22ClN3O2/c1-3-13-25(14-4-2)20(26)15-23-19-8-6-5-7-18(19)21(27)24-17-11-9-16(22)10-12-17/h3-12,23H,1-2,13-15H2,(H,24,27). The molecule has 0 aliphatic heterocycles. The Morgan fingerprint density at radius 3 is 2.26 bits per heavy atom. The third kappa shape index (κ3) is 6.01. The van der Waals surface area contributed by atoms with Crippen molar-refractivity contribution < 1.29 is 9.59 Å². The van der Waals surface area contributed by atoms with E-state index in [1.54, 1.807) is 65.6 Å². The number of carbonyl (C=O) groups is 2. The molecule has 0 bridgehead atoms. The van der Waals surface area contributed by atoms with Crippen LogP contribution in [0.2, 0.25) is 5.02 Å². The Bertz CT molecular complexity index is 808. The number of rotatable bonds is 9. The van der Waals surface area contributed by atoms with Crippen LogP contribution in [0.25, 0.3) is 0 Å². The van der Waals surface area contributed by atoms with E-state index in [-0.39, 0.29) is 18.4 Å². The highest BCUT2D eigenvalue weighted by atomic mass is 35.5. The number of benzene rings is 2. The maximum absolute atomic E-state index is 12.6. The lowest BCUT2D eigenvalue weighted by Crippen LogP contribution is -2.36. The molecule has 0 saturated carbocycles. The third-order valence-corrected chi connectivity index (χ3v) is 4.01. The Morgan fingerprint density at radius 1 is 1.00 bits per heavy atom. The summed E-state index contributed by atoms with van der Waals surface area (Å²) in [4.78, 5) is 26.6. The molecule has 0 fully saturated rings. The van der Waals surface area contributed by atoms with Crippen LogP contribution >= 0.6 is 11.6 Å². The number of para-hydroxylation sites is 1. The Morgan fingerprint density at radius 2 is 1.63 bits per heavy atom. The van der Waals surface area contributed by atoms with Crippen molar-refractivity contribution in [3.05, 3.63) is 84.4 Å². The van der Waals surface area contributed by atoms with Crippen molar-refractivity contribution in [3.63, 3.8) is 0 Å². The molecule has 6 heteroatoms. The first kappa shape index (κ1) is 20.3. The minimum Gasteiger partial charge on any atom is -0.376 e. The van der Waals surface area contributed by atoms with E-state index in [2.05, 4.69) is 23.8 Å². The maximum atomic E-state index is 12.6. The average molecular weight is 384 g/mol. The van der Waals surface area contributed by atoms with Crippen molar-refractivity contribution >= 4 is 34.8 Å². The molecule has 27 heavy (non-hydrogen) atoms. The van der Waals surface area contributed by atoms with Crippen molar-refractivity contribution in [1.29, 1.82) is 0 Å². The van der Waals surface area contributed by atoms with Crippen molar-refractivity contribution in [3.8, 4) is 0 Å². The minimum atomic E-state index is -0.276. The monoisotopic (exact) mass is 383 g/mol. The van der Waals surface area contributed by atoms with Crippen LogP contribution in [0, 0.1) is 0 Å². The first-order chi connectivity index (χ1) is 13.0. The van der Waals surface area contributed by atoms with Gasteiger partial charge >= 0.3 is 0 Å². The summed E-state index contributed by atoms with van der Waals surface area (Å²) in [6.07, 6.45) is 3.32. The molecule has 0 atom stereocenters. The third-order valence-electron chi connectivity index (χ3n) is 3.76. The average Bonchev–Trinajstić information content (AvgIpc) is 2.68. The van der Waals surface area contributed by atoms with Gasteiger partial charge in [0.15, 0.2) is 0 Å². The fourth-order valence-electron chi connectivity index (χ4n) is 2.44. The summed E-state index contributed by atoms with van der Waals surface area (Å²) in [5, 5.41) is 6.46. The van der Waals surface area contributed by atoms with Gasteiger partial charge in [0, 0.05) is 29.5 Å². The minimum absolute atomic E-state index is 0.0624. The van der Waals surface area contributed by atoms with Crippen molar-refractivity contribution in [1.82, 2.24) is 4.90 Å². The van der Waals surface area contributed by atoms with Gasteiger partial charge in [-0.2, -0.15) is 0 Å². The zero-order valence-electron chi connectivity index (χ0n) is 15.0. The molecule has 0 radical (unpaired) electrons. The second kappa shape index (κ2) is 10.2. The number of hydrogen-bond acceptors (Lipinski definition) is 3. The van der Waals surface area contributed by atoms with E-state index in [0.29, 0.717) is 35.1 Å². The van der Waals surface area contributed by atoms with E-state index in [0.717, 1.165) is 0 Å². The summed E-state index contributed by atoms with van der Waals surface area (Å²) in [6, 6.07) is 13.9. The molecule has 2 aromatic carbocycles. The first-order valence-electron chi connectivity index (χ1n) is 8.44. The number of anilines is 2. The van der Waals surface area contributed by atoms with Gasteiger partial charge in [0.2, 0.25) is 5.91 Å². The lowest BCUT2D eigenvalue weighted by molar-refractivity contribution is -0.128. The van der Waals surface area contributed by atoms with Gasteiger partial charge in [0.1, 0.15) is 0 Å². The smallest absolute Gasteiger partial charge is 0.257 e. The summed E-state index contributed by atoms with van der Waals surface area (Å²) in [7, 11) is 0. The normalized spacial score (nSPS) is 9.96. The number of halogens is 1. The van der Waals surface area contributed by atoms with Crippen molar-refractivity contribution in [2.45, 2.75) is 0 Å². The zero-order chi connectivity index (χ0) is 19.6. The molecule has 0 aliphatic carbocycles. The highest BCUT2D eigenvalue weighted by Gasteiger charge is 2.14. The quantitative estimate of drug-likeness (QED) is 0.638. The van der Waals surface area contributed by atoms with Gasteiger partial charge in [0.25, 0.3) is 5.91 Å². The lowest BCUT2D eigenvalue weighted by Gasteiger charge is -2.20. The van der Waals surface area contributed by atoms with Crippen LogP contribution in [-0.4, -0.2) is 36.3 Å². The highest BCUT2D eigenvalue weighted by molar-refractivity contribution is 6.30. The molecule has 0 aromatic heterocycles. The Balaban J connectivity index is 2.07. The molecule has 0 aliphatic rings. The van der Waals surface area contributed by atoms with E-state index in [9.17, 15) is 9.59 Å². The molecule has 2 aromatic rings. The topological polar surface area (TPSA) is 61.4 Å². The van der Waals surface area contributed by atoms with Crippen LogP contribution in [-0.2, 0) is 4.79 Å². The molecule has 0 unspecified atom stereocenters. The highest BCUT2D eigenvalue weighted by Crippen LogP contribution is 2.19. The molecule has 2 rings (SSSR count). The van der Waals surface area contributed by atoms with Crippen LogP contribution in [0.5, 0.6) is 0 Å². The van der Waals surface area contributed by atoms with E-state index in [4.69, 9.17) is 11.6 Å². The van der Waals surface area contributed by atoms with Crippen molar-refractivity contribution in [2.75, 3.05) is 30.3 Å². The van der Waals surface area contributed by atoms with Gasteiger partial charge in [0.05, 0.1) is 12.1 Å². The molecule has 0 spiro atoms. The van der Waals surface area contributed by atoms with Crippen LogP contribution < -0.4 is 10.6 Å². The van der Waals surface area contributed by atoms with Gasteiger partial charge in [-0.05, 0) is 36.4 Å². The van der Waals surface area contributed by atoms with Gasteiger partial charge in [-0.25, -0.2) is 0 Å². The van der Waals surface area contributed by atoms with Crippen LogP contribution in [0.4, 0.5) is 11.4 Å². The largest absolute Gasteiger partial charge is 0.376 e. The van der Waals surface area contributed by atoms with Crippen molar-refractivity contribution in [2.24, 2.45) is 0 Å². The van der Waals surface area contributed by atoms with E-state index >= 15 is 0 Å². The Kier molecular flexibility index (Phi) is 7.64. The molecular formula is C21H22ClN3O2. The number of amides is 2. The molecule has 2 N–H and O–H groups in total. The fraction of sp³-hybridized carbons (Fsp3) is 0.143. The molecule has 5 nitrogen and oxygen atoms in total. The number of carbonyl (C=O) groups excluding carboxylic acids is 2. The van der Waals surface area contributed by atoms with Gasteiger partial charge in [-0.1, -0.05) is 35.9 Å². The lowest BCUT2D eigenvalue weighted by atomic mass is 10.1. The van der Waals surface area contributed by atoms with E-state index in [1.807, 2.05) is 0 Å². The molecule has 0 heterocycles. The molecule has 2 amide bonds. The van der Waals surface area contributed by atoms with Gasteiger partial charge < -0.3 is 15.5 Å². The summed E-state index contributed by atoms with van der Waals surface area (Å²) < 4.78 is 0. The van der Waals surface area contributed by atoms with E-state index in [1.165, 1.54) is 0 Å². The molecule has 0 saturated heterocycles. The molecular weight excluding hydrogens is 362 g/mol. The number of nitrogens with one attached hydrogen (secondary N) is 2. The Labute approximate surface area is 164 Å². The summed E-state index contributed by atoms with van der Waals surface area (Å²) in [5.41, 5.74) is 1.66.